The first kappa shape index (κ1) is 25.1. The van der Waals surface area contributed by atoms with E-state index in [4.69, 9.17) is 9.47 Å². The van der Waals surface area contributed by atoms with Gasteiger partial charge in [0.2, 0.25) is 15.9 Å². The number of piperidine rings is 1. The summed E-state index contributed by atoms with van der Waals surface area (Å²) in [6.07, 6.45) is 1.03. The molecule has 1 aliphatic heterocycles. The van der Waals surface area contributed by atoms with Gasteiger partial charge >= 0.3 is 0 Å². The summed E-state index contributed by atoms with van der Waals surface area (Å²) >= 11 is 0. The molecule has 1 heterocycles. The number of carbonyl (C=O) groups excluding carboxylic acids is 1. The number of hydrogen-bond acceptors (Lipinski definition) is 5. The van der Waals surface area contributed by atoms with E-state index in [9.17, 15) is 13.2 Å². The number of hydrogen-bond donors (Lipinski definition) is 0. The zero-order chi connectivity index (χ0) is 24.2. The average Bonchev–Trinajstić information content (AvgIpc) is 2.81. The molecule has 1 aliphatic rings. The first-order valence-electron chi connectivity index (χ1n) is 11.3. The van der Waals surface area contributed by atoms with E-state index in [-0.39, 0.29) is 11.8 Å². The maximum Gasteiger partial charge on any atom is 0.243 e. The molecule has 0 saturated carbocycles. The van der Waals surface area contributed by atoms with Crippen molar-refractivity contribution in [2.24, 2.45) is 5.92 Å². The number of carbonyl (C=O) groups is 1. The summed E-state index contributed by atoms with van der Waals surface area (Å²) in [6, 6.07) is 10.9. The molecule has 0 spiro atoms. The molecule has 0 aliphatic carbocycles. The van der Waals surface area contributed by atoms with Crippen LogP contribution in [0.25, 0.3) is 0 Å². The van der Waals surface area contributed by atoms with E-state index in [2.05, 4.69) is 0 Å². The molecule has 2 aromatic rings. The molecule has 7 nitrogen and oxygen atoms in total. The largest absolute Gasteiger partial charge is 0.493 e. The van der Waals surface area contributed by atoms with Crippen molar-refractivity contribution in [2.75, 3.05) is 33.9 Å². The Kier molecular flexibility index (Phi) is 8.02. The van der Waals surface area contributed by atoms with E-state index in [1.165, 1.54) is 4.31 Å². The first-order chi connectivity index (χ1) is 15.7. The fourth-order valence-electron chi connectivity index (χ4n) is 4.12. The summed E-state index contributed by atoms with van der Waals surface area (Å²) in [4.78, 5) is 15.1. The molecule has 0 aromatic heterocycles. The minimum atomic E-state index is -3.55. The van der Waals surface area contributed by atoms with Crippen LogP contribution < -0.4 is 9.47 Å². The van der Waals surface area contributed by atoms with E-state index < -0.39 is 10.0 Å². The lowest BCUT2D eigenvalue weighted by Gasteiger charge is -2.32. The van der Waals surface area contributed by atoms with Crippen molar-refractivity contribution in [1.82, 2.24) is 9.21 Å². The van der Waals surface area contributed by atoms with E-state index in [0.717, 1.165) is 16.7 Å². The summed E-state index contributed by atoms with van der Waals surface area (Å²) in [5, 5.41) is 0. The molecule has 3 rings (SSSR count). The van der Waals surface area contributed by atoms with E-state index in [0.29, 0.717) is 55.5 Å². The number of rotatable bonds is 8. The molecule has 180 valence electrons. The standard InChI is InChI=1S/C25H34N2O5S/c1-6-32-23-10-8-20(16-24(23)31-5)17-26(4)25(28)21-11-13-27(14-12-21)33(29,30)22-9-7-18(2)19(3)15-22/h7-10,15-16,21H,6,11-14,17H2,1-5H3. The highest BCUT2D eigenvalue weighted by Crippen LogP contribution is 2.30. The second-order valence-electron chi connectivity index (χ2n) is 8.54. The lowest BCUT2D eigenvalue weighted by molar-refractivity contribution is -0.135. The third-order valence-electron chi connectivity index (χ3n) is 6.24. The highest BCUT2D eigenvalue weighted by molar-refractivity contribution is 7.89. The van der Waals surface area contributed by atoms with Crippen LogP contribution in [-0.2, 0) is 21.4 Å². The van der Waals surface area contributed by atoms with Crippen molar-refractivity contribution in [1.29, 1.82) is 0 Å². The molecule has 0 atom stereocenters. The molecule has 1 fully saturated rings. The molecular formula is C25H34N2O5S. The summed E-state index contributed by atoms with van der Waals surface area (Å²) in [5.41, 5.74) is 2.96. The van der Waals surface area contributed by atoms with Gasteiger partial charge in [-0.15, -0.1) is 0 Å². The van der Waals surface area contributed by atoms with Gasteiger partial charge in [0.05, 0.1) is 18.6 Å². The molecule has 33 heavy (non-hydrogen) atoms. The van der Waals surface area contributed by atoms with Gasteiger partial charge in [0.1, 0.15) is 0 Å². The predicted octanol–water partition coefficient (Wildman–Crippen LogP) is 3.77. The molecular weight excluding hydrogens is 440 g/mol. The number of ether oxygens (including phenoxy) is 2. The SMILES string of the molecule is CCOc1ccc(CN(C)C(=O)C2CCN(S(=O)(=O)c3ccc(C)c(C)c3)CC2)cc1OC. The highest BCUT2D eigenvalue weighted by Gasteiger charge is 2.33. The Balaban J connectivity index is 1.61. The normalized spacial score (nSPS) is 15.3. The van der Waals surface area contributed by atoms with Crippen molar-refractivity contribution in [2.45, 2.75) is 45.1 Å². The Labute approximate surface area is 197 Å². The van der Waals surface area contributed by atoms with Crippen molar-refractivity contribution in [3.8, 4) is 11.5 Å². The highest BCUT2D eigenvalue weighted by atomic mass is 32.2. The van der Waals surface area contributed by atoms with Gasteiger partial charge in [0.15, 0.2) is 11.5 Å². The van der Waals surface area contributed by atoms with Crippen LogP contribution in [0.1, 0.15) is 36.5 Å². The van der Waals surface area contributed by atoms with E-state index >= 15 is 0 Å². The first-order valence-corrected chi connectivity index (χ1v) is 12.7. The van der Waals surface area contributed by atoms with Crippen molar-refractivity contribution >= 4 is 15.9 Å². The Morgan fingerprint density at radius 3 is 2.36 bits per heavy atom. The quantitative estimate of drug-likeness (QED) is 0.582. The monoisotopic (exact) mass is 474 g/mol. The van der Waals surface area contributed by atoms with E-state index in [1.54, 1.807) is 31.2 Å². The number of benzene rings is 2. The summed E-state index contributed by atoms with van der Waals surface area (Å²) in [5.74, 6) is 1.16. The maximum atomic E-state index is 13.0. The van der Waals surface area contributed by atoms with Crippen LogP contribution in [0.3, 0.4) is 0 Å². The van der Waals surface area contributed by atoms with Crippen LogP contribution in [0.2, 0.25) is 0 Å². The fourth-order valence-corrected chi connectivity index (χ4v) is 5.67. The third-order valence-corrected chi connectivity index (χ3v) is 8.14. The molecule has 1 amide bonds. The van der Waals surface area contributed by atoms with Gasteiger partial charge < -0.3 is 14.4 Å². The van der Waals surface area contributed by atoms with Gasteiger partial charge in [-0.1, -0.05) is 12.1 Å². The van der Waals surface area contributed by atoms with Gasteiger partial charge in [0.25, 0.3) is 0 Å². The molecule has 8 heteroatoms. The number of amides is 1. The van der Waals surface area contributed by atoms with E-state index in [1.807, 2.05) is 45.0 Å². The lowest BCUT2D eigenvalue weighted by Crippen LogP contribution is -2.43. The number of sulfonamides is 1. The zero-order valence-corrected chi connectivity index (χ0v) is 20.9. The van der Waals surface area contributed by atoms with Crippen LogP contribution in [-0.4, -0.2) is 57.4 Å². The second kappa shape index (κ2) is 10.6. The number of nitrogens with zero attached hydrogens (tertiary/aromatic N) is 2. The smallest absolute Gasteiger partial charge is 0.243 e. The van der Waals surface area contributed by atoms with Gasteiger partial charge in [-0.3, -0.25) is 4.79 Å². The summed E-state index contributed by atoms with van der Waals surface area (Å²) in [7, 11) is -0.178. The molecule has 0 unspecified atom stereocenters. The molecule has 0 N–H and O–H groups in total. The minimum Gasteiger partial charge on any atom is -0.493 e. The molecule has 1 saturated heterocycles. The van der Waals surface area contributed by atoms with Gasteiger partial charge in [-0.25, -0.2) is 8.42 Å². The van der Waals surface area contributed by atoms with Crippen LogP contribution >= 0.6 is 0 Å². The molecule has 0 radical (unpaired) electrons. The van der Waals surface area contributed by atoms with Gasteiger partial charge in [-0.2, -0.15) is 4.31 Å². The minimum absolute atomic E-state index is 0.0334. The van der Waals surface area contributed by atoms with Gasteiger partial charge in [0, 0.05) is 32.6 Å². The number of methoxy groups -OCH3 is 1. The fraction of sp³-hybridized carbons (Fsp3) is 0.480. The molecule has 2 aromatic carbocycles. The Bertz CT molecular complexity index is 1090. The Morgan fingerprint density at radius 2 is 1.76 bits per heavy atom. The third kappa shape index (κ3) is 5.68. The zero-order valence-electron chi connectivity index (χ0n) is 20.1. The van der Waals surface area contributed by atoms with Crippen molar-refractivity contribution in [3.05, 3.63) is 53.1 Å². The topological polar surface area (TPSA) is 76.2 Å². The predicted molar refractivity (Wildman–Crippen MR) is 128 cm³/mol. The summed E-state index contributed by atoms with van der Waals surface area (Å²) < 4.78 is 38.5. The van der Waals surface area contributed by atoms with Crippen LogP contribution in [0.15, 0.2) is 41.3 Å². The van der Waals surface area contributed by atoms with Crippen LogP contribution in [0.5, 0.6) is 11.5 Å². The maximum absolute atomic E-state index is 13.0. The molecule has 0 bridgehead atoms. The Morgan fingerprint density at radius 1 is 1.06 bits per heavy atom. The summed E-state index contributed by atoms with van der Waals surface area (Å²) in [6.45, 7) is 7.47. The second-order valence-corrected chi connectivity index (χ2v) is 10.5. The van der Waals surface area contributed by atoms with Crippen LogP contribution in [0.4, 0.5) is 0 Å². The number of aryl methyl sites for hydroxylation is 2. The van der Waals surface area contributed by atoms with Crippen molar-refractivity contribution < 1.29 is 22.7 Å². The van der Waals surface area contributed by atoms with Crippen molar-refractivity contribution in [3.63, 3.8) is 0 Å². The van der Waals surface area contributed by atoms with Gasteiger partial charge in [-0.05, 0) is 74.6 Å². The van der Waals surface area contributed by atoms with Crippen LogP contribution in [0, 0.1) is 19.8 Å². The average molecular weight is 475 g/mol. The lowest BCUT2D eigenvalue weighted by atomic mass is 9.96. The Hall–Kier alpha value is -2.58.